The third-order valence-corrected chi connectivity index (χ3v) is 4.33. The van der Waals surface area contributed by atoms with Gasteiger partial charge in [-0.3, -0.25) is 4.79 Å². The minimum atomic E-state index is -0.401. The second-order valence-electron chi connectivity index (χ2n) is 5.95. The number of benzene rings is 2. The van der Waals surface area contributed by atoms with Crippen molar-refractivity contribution in [3.05, 3.63) is 80.7 Å². The third kappa shape index (κ3) is 4.13. The van der Waals surface area contributed by atoms with Crippen LogP contribution >= 0.6 is 11.6 Å². The minimum Gasteiger partial charge on any atom is -0.496 e. The molecule has 3 aromatic rings. The second-order valence-corrected chi connectivity index (χ2v) is 6.39. The van der Waals surface area contributed by atoms with Gasteiger partial charge in [-0.15, -0.1) is 0 Å². The molecule has 27 heavy (non-hydrogen) atoms. The maximum atomic E-state index is 12.1. The first-order valence-corrected chi connectivity index (χ1v) is 8.59. The molecule has 1 aromatic heterocycles. The Morgan fingerprint density at radius 3 is 2.56 bits per heavy atom. The van der Waals surface area contributed by atoms with Crippen LogP contribution in [0.15, 0.2) is 53.3 Å². The van der Waals surface area contributed by atoms with Gasteiger partial charge in [-0.2, -0.15) is 5.26 Å². The zero-order valence-corrected chi connectivity index (χ0v) is 15.6. The van der Waals surface area contributed by atoms with Gasteiger partial charge in [-0.1, -0.05) is 17.7 Å². The predicted octanol–water partition coefficient (Wildman–Crippen LogP) is 4.46. The van der Waals surface area contributed by atoms with Crippen molar-refractivity contribution < 1.29 is 9.47 Å². The molecule has 0 spiro atoms. The molecule has 1 N–H and O–H groups in total. The standard InChI is InChI=1S/C21H17ClN2O3/c1-13-9-18(19(11-23)21(25)24-13)14-3-8-20(26-2)15(10-14)12-27-17-6-4-16(22)5-7-17/h3-10H,12H2,1-2H3,(H,24,25). The molecule has 0 saturated heterocycles. The molecule has 0 atom stereocenters. The van der Waals surface area contributed by atoms with E-state index in [0.29, 0.717) is 27.8 Å². The van der Waals surface area contributed by atoms with E-state index in [-0.39, 0.29) is 12.2 Å². The first-order chi connectivity index (χ1) is 13.0. The Balaban J connectivity index is 1.98. The summed E-state index contributed by atoms with van der Waals surface area (Å²) in [7, 11) is 1.58. The Kier molecular flexibility index (Phi) is 5.49. The van der Waals surface area contributed by atoms with Crippen molar-refractivity contribution in [3.8, 4) is 28.7 Å². The SMILES string of the molecule is COc1ccc(-c2cc(C)[nH]c(=O)c2C#N)cc1COc1ccc(Cl)cc1. The average molecular weight is 381 g/mol. The summed E-state index contributed by atoms with van der Waals surface area (Å²) in [5.41, 5.74) is 2.48. The molecular weight excluding hydrogens is 364 g/mol. The Bertz CT molecular complexity index is 1070. The lowest BCUT2D eigenvalue weighted by atomic mass is 9.99. The van der Waals surface area contributed by atoms with Crippen molar-refractivity contribution in [2.24, 2.45) is 0 Å². The first kappa shape index (κ1) is 18.6. The van der Waals surface area contributed by atoms with Gasteiger partial charge in [0.1, 0.15) is 29.7 Å². The van der Waals surface area contributed by atoms with Crippen LogP contribution in [0.1, 0.15) is 16.8 Å². The number of ether oxygens (including phenoxy) is 2. The number of H-pyrrole nitrogens is 1. The molecule has 136 valence electrons. The van der Waals surface area contributed by atoms with Gasteiger partial charge >= 0.3 is 0 Å². The number of nitrogens with one attached hydrogen (secondary N) is 1. The lowest BCUT2D eigenvalue weighted by molar-refractivity contribution is 0.297. The molecule has 2 aromatic carbocycles. The van der Waals surface area contributed by atoms with Crippen LogP contribution in [0.2, 0.25) is 5.02 Å². The van der Waals surface area contributed by atoms with Gasteiger partial charge in [0.15, 0.2) is 0 Å². The molecule has 3 rings (SSSR count). The van der Waals surface area contributed by atoms with E-state index in [1.165, 1.54) is 0 Å². The van der Waals surface area contributed by atoms with Crippen LogP contribution in [-0.4, -0.2) is 12.1 Å². The minimum absolute atomic E-state index is 0.0790. The van der Waals surface area contributed by atoms with Crippen LogP contribution in [0.4, 0.5) is 0 Å². The summed E-state index contributed by atoms with van der Waals surface area (Å²) in [6, 6.07) is 16.3. The number of methoxy groups -OCH3 is 1. The Morgan fingerprint density at radius 1 is 1.15 bits per heavy atom. The van der Waals surface area contributed by atoms with Crippen molar-refractivity contribution in [2.75, 3.05) is 7.11 Å². The highest BCUT2D eigenvalue weighted by Gasteiger charge is 2.13. The van der Waals surface area contributed by atoms with E-state index < -0.39 is 5.56 Å². The second kappa shape index (κ2) is 7.98. The molecule has 5 nitrogen and oxygen atoms in total. The molecule has 0 aliphatic rings. The molecule has 0 amide bonds. The smallest absolute Gasteiger partial charge is 0.266 e. The molecule has 6 heteroatoms. The number of nitrogens with zero attached hydrogens (tertiary/aromatic N) is 1. The number of aromatic nitrogens is 1. The largest absolute Gasteiger partial charge is 0.496 e. The number of halogens is 1. The van der Waals surface area contributed by atoms with Crippen molar-refractivity contribution in [1.29, 1.82) is 5.26 Å². The van der Waals surface area contributed by atoms with Crippen molar-refractivity contribution in [2.45, 2.75) is 13.5 Å². The van der Waals surface area contributed by atoms with Crippen molar-refractivity contribution in [1.82, 2.24) is 4.98 Å². The van der Waals surface area contributed by atoms with Gasteiger partial charge in [-0.05, 0) is 55.0 Å². The molecule has 0 unspecified atom stereocenters. The Morgan fingerprint density at radius 2 is 1.89 bits per heavy atom. The first-order valence-electron chi connectivity index (χ1n) is 8.21. The van der Waals surface area contributed by atoms with Crippen molar-refractivity contribution in [3.63, 3.8) is 0 Å². The summed E-state index contributed by atoms with van der Waals surface area (Å²) in [6.45, 7) is 2.04. The highest BCUT2D eigenvalue weighted by Crippen LogP contribution is 2.29. The van der Waals surface area contributed by atoms with E-state index in [1.54, 1.807) is 50.4 Å². The lowest BCUT2D eigenvalue weighted by Gasteiger charge is -2.13. The zero-order chi connectivity index (χ0) is 19.4. The topological polar surface area (TPSA) is 75.1 Å². The van der Waals surface area contributed by atoms with Gasteiger partial charge in [0, 0.05) is 21.8 Å². The summed E-state index contributed by atoms with van der Waals surface area (Å²) in [6.07, 6.45) is 0. The molecule has 0 fully saturated rings. The van der Waals surface area contributed by atoms with Gasteiger partial charge in [0.2, 0.25) is 0 Å². The third-order valence-electron chi connectivity index (χ3n) is 4.08. The quantitative estimate of drug-likeness (QED) is 0.708. The van der Waals surface area contributed by atoms with Crippen molar-refractivity contribution >= 4 is 11.6 Å². The van der Waals surface area contributed by atoms with Crippen LogP contribution in [0.5, 0.6) is 11.5 Å². The van der Waals surface area contributed by atoms with Crippen LogP contribution in [0.25, 0.3) is 11.1 Å². The van der Waals surface area contributed by atoms with Crippen LogP contribution in [0, 0.1) is 18.3 Å². The number of hydrogen-bond donors (Lipinski definition) is 1. The zero-order valence-electron chi connectivity index (χ0n) is 14.9. The molecule has 0 aliphatic carbocycles. The van der Waals surface area contributed by atoms with E-state index >= 15 is 0 Å². The normalized spacial score (nSPS) is 10.3. The van der Waals surface area contributed by atoms with E-state index in [9.17, 15) is 10.1 Å². The van der Waals surface area contributed by atoms with Gasteiger partial charge in [0.05, 0.1) is 7.11 Å². The van der Waals surface area contributed by atoms with E-state index in [1.807, 2.05) is 18.2 Å². The fraction of sp³-hybridized carbons (Fsp3) is 0.143. The van der Waals surface area contributed by atoms with Gasteiger partial charge in [0.25, 0.3) is 5.56 Å². The van der Waals surface area contributed by atoms with Crippen LogP contribution < -0.4 is 15.0 Å². The molecule has 0 bridgehead atoms. The maximum absolute atomic E-state index is 12.1. The average Bonchev–Trinajstić information content (AvgIpc) is 2.66. The number of aryl methyl sites for hydroxylation is 1. The molecule has 0 saturated carbocycles. The fourth-order valence-electron chi connectivity index (χ4n) is 2.78. The monoisotopic (exact) mass is 380 g/mol. The summed E-state index contributed by atoms with van der Waals surface area (Å²) in [5.74, 6) is 1.34. The number of aromatic amines is 1. The maximum Gasteiger partial charge on any atom is 0.266 e. The number of hydrogen-bond acceptors (Lipinski definition) is 4. The summed E-state index contributed by atoms with van der Waals surface area (Å²) < 4.78 is 11.2. The predicted molar refractivity (Wildman–Crippen MR) is 104 cm³/mol. The molecular formula is C21H17ClN2O3. The Hall–Kier alpha value is -3.23. The lowest BCUT2D eigenvalue weighted by Crippen LogP contribution is -2.12. The molecule has 0 aliphatic heterocycles. The van der Waals surface area contributed by atoms with Crippen LogP contribution in [-0.2, 0) is 6.61 Å². The summed E-state index contributed by atoms with van der Waals surface area (Å²) >= 11 is 5.89. The number of nitriles is 1. The van der Waals surface area contributed by atoms with Crippen LogP contribution in [0.3, 0.4) is 0 Å². The summed E-state index contributed by atoms with van der Waals surface area (Å²) in [5, 5.41) is 10.0. The van der Waals surface area contributed by atoms with E-state index in [2.05, 4.69) is 4.98 Å². The van der Waals surface area contributed by atoms with Gasteiger partial charge < -0.3 is 14.5 Å². The molecule has 0 radical (unpaired) electrons. The van der Waals surface area contributed by atoms with E-state index in [4.69, 9.17) is 21.1 Å². The van der Waals surface area contributed by atoms with Gasteiger partial charge in [-0.25, -0.2) is 0 Å². The number of rotatable bonds is 5. The highest BCUT2D eigenvalue weighted by molar-refractivity contribution is 6.30. The summed E-state index contributed by atoms with van der Waals surface area (Å²) in [4.78, 5) is 14.7. The highest BCUT2D eigenvalue weighted by atomic mass is 35.5. The van der Waals surface area contributed by atoms with E-state index in [0.717, 1.165) is 11.1 Å². The fourth-order valence-corrected chi connectivity index (χ4v) is 2.90. The number of pyridine rings is 1. The Labute approximate surface area is 161 Å². The molecule has 1 heterocycles.